The molecule has 1 aromatic rings. The van der Waals surface area contributed by atoms with Gasteiger partial charge in [0.1, 0.15) is 5.82 Å². The average molecular weight is 266 g/mol. The SMILES string of the molecule is CCC1COC(C)CN1CC(N)c1ccc(F)cc1. The summed E-state index contributed by atoms with van der Waals surface area (Å²) < 4.78 is 18.6. The topological polar surface area (TPSA) is 38.5 Å². The summed E-state index contributed by atoms with van der Waals surface area (Å²) in [5.41, 5.74) is 7.22. The highest BCUT2D eigenvalue weighted by Gasteiger charge is 2.26. The largest absolute Gasteiger partial charge is 0.376 e. The quantitative estimate of drug-likeness (QED) is 0.909. The Hall–Kier alpha value is -0.970. The Morgan fingerprint density at radius 3 is 2.74 bits per heavy atom. The molecule has 0 spiro atoms. The first-order valence-electron chi connectivity index (χ1n) is 6.96. The molecule has 0 amide bonds. The van der Waals surface area contributed by atoms with Crippen LogP contribution in [0.25, 0.3) is 0 Å². The zero-order valence-corrected chi connectivity index (χ0v) is 11.7. The number of halogens is 1. The van der Waals surface area contributed by atoms with Crippen LogP contribution in [0.1, 0.15) is 31.9 Å². The fourth-order valence-corrected chi connectivity index (χ4v) is 2.58. The maximum Gasteiger partial charge on any atom is 0.123 e. The van der Waals surface area contributed by atoms with Crippen LogP contribution in [0.4, 0.5) is 4.39 Å². The highest BCUT2D eigenvalue weighted by Crippen LogP contribution is 2.19. The molecular weight excluding hydrogens is 243 g/mol. The molecule has 3 unspecified atom stereocenters. The molecule has 0 aromatic heterocycles. The highest BCUT2D eigenvalue weighted by atomic mass is 19.1. The molecular formula is C15H23FN2O. The highest BCUT2D eigenvalue weighted by molar-refractivity contribution is 5.19. The minimum absolute atomic E-state index is 0.0834. The second-order valence-corrected chi connectivity index (χ2v) is 5.32. The molecule has 3 nitrogen and oxygen atoms in total. The van der Waals surface area contributed by atoms with Gasteiger partial charge in [-0.2, -0.15) is 0 Å². The molecule has 2 rings (SSSR count). The summed E-state index contributed by atoms with van der Waals surface area (Å²) in [6.07, 6.45) is 1.31. The molecule has 1 fully saturated rings. The first-order valence-corrected chi connectivity index (χ1v) is 6.96. The first-order chi connectivity index (χ1) is 9.10. The average Bonchev–Trinajstić information content (AvgIpc) is 2.39. The van der Waals surface area contributed by atoms with Crippen LogP contribution in [-0.4, -0.2) is 36.7 Å². The van der Waals surface area contributed by atoms with Crippen LogP contribution in [0, 0.1) is 5.82 Å². The van der Waals surface area contributed by atoms with Gasteiger partial charge >= 0.3 is 0 Å². The van der Waals surface area contributed by atoms with E-state index in [0.717, 1.165) is 31.7 Å². The lowest BCUT2D eigenvalue weighted by Crippen LogP contribution is -2.50. The molecule has 2 N–H and O–H groups in total. The fourth-order valence-electron chi connectivity index (χ4n) is 2.58. The Morgan fingerprint density at radius 1 is 1.42 bits per heavy atom. The molecule has 0 aliphatic carbocycles. The van der Waals surface area contributed by atoms with E-state index in [4.69, 9.17) is 10.5 Å². The molecule has 0 bridgehead atoms. The van der Waals surface area contributed by atoms with E-state index < -0.39 is 0 Å². The van der Waals surface area contributed by atoms with Crippen molar-refractivity contribution in [3.63, 3.8) is 0 Å². The van der Waals surface area contributed by atoms with E-state index in [2.05, 4.69) is 18.7 Å². The number of benzene rings is 1. The van der Waals surface area contributed by atoms with Gasteiger partial charge in [-0.05, 0) is 31.0 Å². The summed E-state index contributed by atoms with van der Waals surface area (Å²) in [4.78, 5) is 2.39. The Labute approximate surface area is 114 Å². The van der Waals surface area contributed by atoms with Gasteiger partial charge in [0.25, 0.3) is 0 Å². The Morgan fingerprint density at radius 2 is 2.11 bits per heavy atom. The molecule has 106 valence electrons. The lowest BCUT2D eigenvalue weighted by molar-refractivity contribution is -0.0575. The van der Waals surface area contributed by atoms with Crippen LogP contribution >= 0.6 is 0 Å². The van der Waals surface area contributed by atoms with Crippen molar-refractivity contribution in [2.45, 2.75) is 38.5 Å². The predicted molar refractivity (Wildman–Crippen MR) is 74.4 cm³/mol. The van der Waals surface area contributed by atoms with Gasteiger partial charge in [-0.15, -0.1) is 0 Å². The number of morpholine rings is 1. The standard InChI is InChI=1S/C15H23FN2O/c1-3-14-10-19-11(2)8-18(14)9-15(17)12-4-6-13(16)7-5-12/h4-7,11,14-15H,3,8-10,17H2,1-2H3. The van der Waals surface area contributed by atoms with Gasteiger partial charge in [0.15, 0.2) is 0 Å². The lowest BCUT2D eigenvalue weighted by Gasteiger charge is -2.39. The van der Waals surface area contributed by atoms with Crippen LogP contribution in [0.5, 0.6) is 0 Å². The summed E-state index contributed by atoms with van der Waals surface area (Å²) in [5, 5.41) is 0. The van der Waals surface area contributed by atoms with Crippen LogP contribution in [-0.2, 0) is 4.74 Å². The van der Waals surface area contributed by atoms with Gasteiger partial charge in [0.2, 0.25) is 0 Å². The summed E-state index contributed by atoms with van der Waals surface area (Å²) in [6, 6.07) is 6.82. The third kappa shape index (κ3) is 3.75. The summed E-state index contributed by atoms with van der Waals surface area (Å²) >= 11 is 0. The Bertz CT molecular complexity index is 396. The molecule has 1 heterocycles. The Kier molecular flexibility index (Phi) is 4.91. The number of hydrogen-bond donors (Lipinski definition) is 1. The van der Waals surface area contributed by atoms with Crippen molar-refractivity contribution in [2.75, 3.05) is 19.7 Å². The molecule has 1 aromatic carbocycles. The number of hydrogen-bond acceptors (Lipinski definition) is 3. The molecule has 0 radical (unpaired) electrons. The fraction of sp³-hybridized carbons (Fsp3) is 0.600. The molecule has 4 heteroatoms. The van der Waals surface area contributed by atoms with E-state index in [9.17, 15) is 4.39 Å². The number of rotatable bonds is 4. The van der Waals surface area contributed by atoms with Gasteiger partial charge in [-0.1, -0.05) is 19.1 Å². The second-order valence-electron chi connectivity index (χ2n) is 5.32. The van der Waals surface area contributed by atoms with Crippen molar-refractivity contribution >= 4 is 0 Å². The van der Waals surface area contributed by atoms with E-state index >= 15 is 0 Å². The van der Waals surface area contributed by atoms with Gasteiger partial charge in [0, 0.05) is 25.2 Å². The number of nitrogens with zero attached hydrogens (tertiary/aromatic N) is 1. The van der Waals surface area contributed by atoms with Crippen LogP contribution in [0.15, 0.2) is 24.3 Å². The van der Waals surface area contributed by atoms with Crippen LogP contribution in [0.2, 0.25) is 0 Å². The molecule has 1 aliphatic rings. The summed E-state index contributed by atoms with van der Waals surface area (Å²) in [6.45, 7) is 6.72. The van der Waals surface area contributed by atoms with Gasteiger partial charge in [-0.3, -0.25) is 4.90 Å². The van der Waals surface area contributed by atoms with E-state index in [1.165, 1.54) is 12.1 Å². The molecule has 1 aliphatic heterocycles. The zero-order valence-electron chi connectivity index (χ0n) is 11.7. The Balaban J connectivity index is 1.99. The first kappa shape index (κ1) is 14.4. The lowest BCUT2D eigenvalue weighted by atomic mass is 10.0. The summed E-state index contributed by atoms with van der Waals surface area (Å²) in [7, 11) is 0. The minimum atomic E-state index is -0.220. The zero-order chi connectivity index (χ0) is 13.8. The van der Waals surface area contributed by atoms with Crippen molar-refractivity contribution in [2.24, 2.45) is 5.73 Å². The minimum Gasteiger partial charge on any atom is -0.376 e. The smallest absolute Gasteiger partial charge is 0.123 e. The maximum atomic E-state index is 12.9. The van der Waals surface area contributed by atoms with Gasteiger partial charge in [0.05, 0.1) is 12.7 Å². The second kappa shape index (κ2) is 6.46. The van der Waals surface area contributed by atoms with Crippen LogP contribution < -0.4 is 5.73 Å². The van der Waals surface area contributed by atoms with Crippen molar-refractivity contribution in [1.82, 2.24) is 4.90 Å². The van der Waals surface area contributed by atoms with Crippen molar-refractivity contribution in [1.29, 1.82) is 0 Å². The van der Waals surface area contributed by atoms with Crippen molar-refractivity contribution in [3.05, 3.63) is 35.6 Å². The van der Waals surface area contributed by atoms with E-state index in [0.29, 0.717) is 6.04 Å². The van der Waals surface area contributed by atoms with Gasteiger partial charge in [-0.25, -0.2) is 4.39 Å². The number of nitrogens with two attached hydrogens (primary N) is 1. The molecule has 0 saturated carbocycles. The van der Waals surface area contributed by atoms with Crippen molar-refractivity contribution < 1.29 is 9.13 Å². The van der Waals surface area contributed by atoms with E-state index in [1.807, 2.05) is 0 Å². The van der Waals surface area contributed by atoms with E-state index in [1.54, 1.807) is 12.1 Å². The van der Waals surface area contributed by atoms with E-state index in [-0.39, 0.29) is 18.0 Å². The third-order valence-corrected chi connectivity index (χ3v) is 3.78. The number of ether oxygens (including phenoxy) is 1. The van der Waals surface area contributed by atoms with Gasteiger partial charge < -0.3 is 10.5 Å². The maximum absolute atomic E-state index is 12.9. The monoisotopic (exact) mass is 266 g/mol. The molecule has 19 heavy (non-hydrogen) atoms. The third-order valence-electron chi connectivity index (χ3n) is 3.78. The van der Waals surface area contributed by atoms with Crippen molar-refractivity contribution in [3.8, 4) is 0 Å². The molecule has 1 saturated heterocycles. The normalized spacial score (nSPS) is 26.3. The van der Waals surface area contributed by atoms with Crippen LogP contribution in [0.3, 0.4) is 0 Å². The summed E-state index contributed by atoms with van der Waals surface area (Å²) in [5.74, 6) is -0.220. The predicted octanol–water partition coefficient (Wildman–Crippen LogP) is 2.32. The molecule has 3 atom stereocenters.